The third-order valence-electron chi connectivity index (χ3n) is 6.09. The predicted molar refractivity (Wildman–Crippen MR) is 150 cm³/mol. The Morgan fingerprint density at radius 1 is 0.875 bits per heavy atom. The van der Waals surface area contributed by atoms with Gasteiger partial charge in [-0.1, -0.05) is 103 Å². The molecule has 208 valence electrons. The average Bonchev–Trinajstić information content (AvgIpc) is 3.42. The molecule has 3 amide bonds. The fourth-order valence-corrected chi connectivity index (χ4v) is 4.22. The monoisotopic (exact) mass is 563 g/mol. The zero-order valence-electron chi connectivity index (χ0n) is 22.7. The molecule has 40 heavy (non-hydrogen) atoms. The van der Waals surface area contributed by atoms with E-state index < -0.39 is 36.1 Å². The molecule has 1 heterocycles. The van der Waals surface area contributed by atoms with Crippen LogP contribution in [-0.2, 0) is 38.7 Å². The van der Waals surface area contributed by atoms with Gasteiger partial charge in [-0.2, -0.15) is 0 Å². The van der Waals surface area contributed by atoms with Crippen LogP contribution in [0.3, 0.4) is 0 Å². The van der Waals surface area contributed by atoms with Gasteiger partial charge >= 0.3 is 6.09 Å². The van der Waals surface area contributed by atoms with E-state index >= 15 is 0 Å². The first-order valence-corrected chi connectivity index (χ1v) is 13.2. The first-order valence-electron chi connectivity index (χ1n) is 13.3. The van der Waals surface area contributed by atoms with Crippen LogP contribution >= 0.6 is 11.6 Å². The number of nitrogens with one attached hydrogen (secondary N) is 4. The summed E-state index contributed by atoms with van der Waals surface area (Å²) in [6, 6.07) is 25.0. The number of hydroxylamine groups is 1. The van der Waals surface area contributed by atoms with Crippen LogP contribution in [0.2, 0.25) is 1.41 Å². The lowest BCUT2D eigenvalue weighted by Crippen LogP contribution is -2.55. The molecule has 0 fully saturated rings. The van der Waals surface area contributed by atoms with E-state index in [9.17, 15) is 14.4 Å². The summed E-state index contributed by atoms with van der Waals surface area (Å²) in [5.74, 6) is -1.15. The molecule has 3 atom stereocenters. The summed E-state index contributed by atoms with van der Waals surface area (Å²) >= 11 is 5.96. The van der Waals surface area contributed by atoms with Crippen LogP contribution in [-0.4, -0.2) is 36.1 Å². The largest absolute Gasteiger partial charge is 0.445 e. The van der Waals surface area contributed by atoms with Gasteiger partial charge in [0.1, 0.15) is 30.0 Å². The van der Waals surface area contributed by atoms with Gasteiger partial charge < -0.3 is 20.7 Å². The molecule has 3 aromatic carbocycles. The predicted octanol–water partition coefficient (Wildman–Crippen LogP) is 3.70. The summed E-state index contributed by atoms with van der Waals surface area (Å²) < 4.78 is 13.8. The summed E-state index contributed by atoms with van der Waals surface area (Å²) in [4.78, 5) is 45.1. The van der Waals surface area contributed by atoms with Crippen molar-refractivity contribution in [2.45, 2.75) is 44.2 Å². The summed E-state index contributed by atoms with van der Waals surface area (Å²) in [6.07, 6.45) is 0.0928. The van der Waals surface area contributed by atoms with Crippen molar-refractivity contribution in [3.05, 3.63) is 119 Å². The second kappa shape index (κ2) is 14.7. The molecule has 3 aromatic rings. The van der Waals surface area contributed by atoms with E-state index in [2.05, 4.69) is 16.1 Å². The fourth-order valence-electron chi connectivity index (χ4n) is 4.04. The maximum absolute atomic E-state index is 13.6. The molecule has 0 spiro atoms. The average molecular weight is 564 g/mol. The normalized spacial score (nSPS) is 16.0. The molecule has 0 aliphatic carbocycles. The zero-order valence-corrected chi connectivity index (χ0v) is 22.4. The van der Waals surface area contributed by atoms with E-state index in [0.717, 1.165) is 16.7 Å². The summed E-state index contributed by atoms with van der Waals surface area (Å²) in [5, 5.41) is 6.33. The summed E-state index contributed by atoms with van der Waals surface area (Å²) in [5.41, 5.74) is 4.87. The standard InChI is InChI=1S/C30H31ClN4O5/c31-27-18-24(40-35-27)17-26(28(36)32-19-22-12-6-2-7-13-22)33-29(37)25(16-21-10-4-1-5-11-21)34-30(38)39-20-23-14-8-3-9-15-23/h1-15,18,24-26,35H,16-17,19-20H2,(H,32,36)(H,33,37)(H,34,38)/t24?,25-,26-/m0/s1/i/hD. The zero-order chi connectivity index (χ0) is 29.0. The van der Waals surface area contributed by atoms with E-state index in [-0.39, 0.29) is 31.1 Å². The quantitative estimate of drug-likeness (QED) is 0.250. The van der Waals surface area contributed by atoms with Crippen LogP contribution in [0, 0.1) is 0 Å². The van der Waals surface area contributed by atoms with Gasteiger partial charge in [-0.3, -0.25) is 19.9 Å². The summed E-state index contributed by atoms with van der Waals surface area (Å²) in [7, 11) is 0. The van der Waals surface area contributed by atoms with Crippen molar-refractivity contribution in [3.63, 3.8) is 0 Å². The lowest BCUT2D eigenvalue weighted by atomic mass is 10.0. The third kappa shape index (κ3) is 9.14. The minimum absolute atomic E-state index is 0.0299. The van der Waals surface area contributed by atoms with Crippen molar-refractivity contribution < 1.29 is 25.4 Å². The molecular weight excluding hydrogens is 532 g/mol. The molecule has 0 saturated carbocycles. The number of amides is 3. The molecule has 4 N–H and O–H groups in total. The number of halogens is 1. The molecule has 0 saturated heterocycles. The topological polar surface area (TPSA) is 118 Å². The molecule has 1 aliphatic rings. The Kier molecular flexibility index (Phi) is 10.0. The molecule has 0 bridgehead atoms. The minimum Gasteiger partial charge on any atom is -0.445 e. The lowest BCUT2D eigenvalue weighted by Gasteiger charge is -2.24. The second-order valence-corrected chi connectivity index (χ2v) is 9.56. The number of ether oxygens (including phenoxy) is 1. The molecular formula is C30H31ClN4O5. The highest BCUT2D eigenvalue weighted by Crippen LogP contribution is 2.15. The van der Waals surface area contributed by atoms with Gasteiger partial charge in [0.2, 0.25) is 11.8 Å². The van der Waals surface area contributed by atoms with Gasteiger partial charge in [-0.05, 0) is 22.8 Å². The van der Waals surface area contributed by atoms with E-state index in [1.54, 1.807) is 42.5 Å². The maximum atomic E-state index is 13.6. The fraction of sp³-hybridized carbons (Fsp3) is 0.233. The number of rotatable bonds is 12. The Morgan fingerprint density at radius 2 is 1.48 bits per heavy atom. The van der Waals surface area contributed by atoms with Crippen molar-refractivity contribution in [3.8, 4) is 0 Å². The number of carbonyl (C=O) groups is 3. The van der Waals surface area contributed by atoms with Crippen LogP contribution < -0.4 is 21.4 Å². The van der Waals surface area contributed by atoms with Crippen LogP contribution in [0.15, 0.2) is 102 Å². The van der Waals surface area contributed by atoms with Crippen molar-refractivity contribution >= 4 is 29.5 Å². The first-order chi connectivity index (χ1) is 19.9. The highest BCUT2D eigenvalue weighted by molar-refractivity contribution is 6.29. The van der Waals surface area contributed by atoms with Gasteiger partial charge in [0.15, 0.2) is 1.41 Å². The number of benzene rings is 3. The molecule has 1 unspecified atom stereocenters. The lowest BCUT2D eigenvalue weighted by molar-refractivity contribution is -0.131. The van der Waals surface area contributed by atoms with Gasteiger partial charge in [0, 0.05) is 19.4 Å². The van der Waals surface area contributed by atoms with Crippen molar-refractivity contribution in [1.82, 2.24) is 21.4 Å². The number of hydrogen-bond donors (Lipinski definition) is 4. The van der Waals surface area contributed by atoms with Crippen LogP contribution in [0.25, 0.3) is 0 Å². The molecule has 10 heteroatoms. The van der Waals surface area contributed by atoms with Crippen LogP contribution in [0.4, 0.5) is 4.79 Å². The Hall–Kier alpha value is -4.34. The van der Waals surface area contributed by atoms with E-state index in [1.165, 1.54) is 0 Å². The second-order valence-electron chi connectivity index (χ2n) is 9.15. The highest BCUT2D eigenvalue weighted by Gasteiger charge is 2.30. The van der Waals surface area contributed by atoms with Crippen LogP contribution in [0.5, 0.6) is 0 Å². The maximum Gasteiger partial charge on any atom is 0.408 e. The Labute approximate surface area is 239 Å². The van der Waals surface area contributed by atoms with Gasteiger partial charge in [0.05, 0.1) is 0 Å². The number of carbonyl (C=O) groups excluding carboxylic acids is 3. The Morgan fingerprint density at radius 3 is 2.08 bits per heavy atom. The SMILES string of the molecule is [2H]N(C(=O)OCc1ccccc1)[C@@H](Cc1ccccc1)C(=O)N[C@@H](CC1C=C(Cl)NO1)C(=O)NCc1ccccc1. The minimum atomic E-state index is -1.29. The Balaban J connectivity index is 1.49. The van der Waals surface area contributed by atoms with Crippen molar-refractivity contribution in [2.24, 2.45) is 0 Å². The molecule has 9 nitrogen and oxygen atoms in total. The number of alkyl carbamates (subject to hydrolysis) is 1. The molecule has 4 rings (SSSR count). The van der Waals surface area contributed by atoms with Crippen molar-refractivity contribution in [2.75, 3.05) is 0 Å². The van der Waals surface area contributed by atoms with Crippen LogP contribution in [0.1, 0.15) is 23.1 Å². The van der Waals surface area contributed by atoms with Gasteiger partial charge in [0.25, 0.3) is 0 Å². The first kappa shape index (κ1) is 27.2. The number of hydrogen-bond acceptors (Lipinski definition) is 6. The van der Waals surface area contributed by atoms with Gasteiger partial charge in [-0.25, -0.2) is 4.79 Å². The highest BCUT2D eigenvalue weighted by atomic mass is 35.5. The summed E-state index contributed by atoms with van der Waals surface area (Å²) in [6.45, 7) is 0.189. The molecule has 0 aromatic heterocycles. The third-order valence-corrected chi connectivity index (χ3v) is 6.29. The van der Waals surface area contributed by atoms with E-state index in [4.69, 9.17) is 22.6 Å². The molecule has 0 radical (unpaired) electrons. The molecule has 1 aliphatic heterocycles. The smallest absolute Gasteiger partial charge is 0.408 e. The Bertz CT molecular complexity index is 1330. The van der Waals surface area contributed by atoms with E-state index in [1.807, 2.05) is 54.6 Å². The van der Waals surface area contributed by atoms with E-state index in [0.29, 0.717) is 5.31 Å². The van der Waals surface area contributed by atoms with Crippen molar-refractivity contribution in [1.29, 1.82) is 0 Å². The van der Waals surface area contributed by atoms with Gasteiger partial charge in [-0.15, -0.1) is 0 Å².